The second-order valence-corrected chi connectivity index (χ2v) is 3.48. The number of aryl methyl sites for hydroxylation is 1. The van der Waals surface area contributed by atoms with Crippen LogP contribution in [-0.2, 0) is 0 Å². The zero-order valence-corrected chi connectivity index (χ0v) is 8.60. The fraction of sp³-hybridized carbons (Fsp3) is 0.0909. The largest absolute Gasteiger partial charge is 0.477 e. The summed E-state index contributed by atoms with van der Waals surface area (Å²) in [5.74, 6) is -1.14. The number of H-pyrrole nitrogens is 1. The first-order valence-electron chi connectivity index (χ1n) is 4.70. The van der Waals surface area contributed by atoms with Crippen LogP contribution in [0.3, 0.4) is 0 Å². The quantitative estimate of drug-likeness (QED) is 0.794. The van der Waals surface area contributed by atoms with Crippen molar-refractivity contribution in [3.05, 3.63) is 51.9 Å². The van der Waals surface area contributed by atoms with Crippen LogP contribution < -0.4 is 5.56 Å². The molecule has 1 aromatic heterocycles. The van der Waals surface area contributed by atoms with Gasteiger partial charge in [-0.1, -0.05) is 17.7 Å². The molecule has 5 nitrogen and oxygen atoms in total. The molecule has 1 heterocycles. The van der Waals surface area contributed by atoms with Crippen molar-refractivity contribution in [1.82, 2.24) is 9.78 Å². The number of hydrogen-bond acceptors (Lipinski definition) is 2. The molecule has 0 saturated heterocycles. The molecule has 0 fully saturated rings. The van der Waals surface area contributed by atoms with Crippen molar-refractivity contribution in [2.75, 3.05) is 0 Å². The SMILES string of the molecule is Cc1ccc(-n2[nH]c(=O)cc2C(=O)O)cc1. The van der Waals surface area contributed by atoms with Crippen molar-refractivity contribution in [2.24, 2.45) is 0 Å². The van der Waals surface area contributed by atoms with Gasteiger partial charge in [-0.15, -0.1) is 0 Å². The zero-order valence-electron chi connectivity index (χ0n) is 8.60. The van der Waals surface area contributed by atoms with E-state index in [0.29, 0.717) is 5.69 Å². The van der Waals surface area contributed by atoms with Gasteiger partial charge in [0.1, 0.15) is 0 Å². The minimum atomic E-state index is -1.14. The van der Waals surface area contributed by atoms with Gasteiger partial charge in [-0.3, -0.25) is 9.89 Å². The molecule has 82 valence electrons. The van der Waals surface area contributed by atoms with E-state index in [1.165, 1.54) is 4.68 Å². The molecule has 0 aliphatic rings. The van der Waals surface area contributed by atoms with Crippen LogP contribution in [0.4, 0.5) is 0 Å². The average molecular weight is 218 g/mol. The van der Waals surface area contributed by atoms with E-state index in [9.17, 15) is 9.59 Å². The van der Waals surface area contributed by atoms with Gasteiger partial charge in [-0.25, -0.2) is 9.48 Å². The molecule has 0 bridgehead atoms. The van der Waals surface area contributed by atoms with Gasteiger partial charge in [0.2, 0.25) is 0 Å². The summed E-state index contributed by atoms with van der Waals surface area (Å²) in [5.41, 5.74) is 1.17. The maximum Gasteiger partial charge on any atom is 0.354 e. The third-order valence-electron chi connectivity index (χ3n) is 2.24. The van der Waals surface area contributed by atoms with Gasteiger partial charge in [0.05, 0.1) is 5.69 Å². The summed E-state index contributed by atoms with van der Waals surface area (Å²) in [5, 5.41) is 11.4. The molecule has 16 heavy (non-hydrogen) atoms. The summed E-state index contributed by atoms with van der Waals surface area (Å²) in [6.07, 6.45) is 0. The van der Waals surface area contributed by atoms with Crippen molar-refractivity contribution < 1.29 is 9.90 Å². The number of aromatic nitrogens is 2. The van der Waals surface area contributed by atoms with Crippen molar-refractivity contribution >= 4 is 5.97 Å². The summed E-state index contributed by atoms with van der Waals surface area (Å²) < 4.78 is 1.25. The van der Waals surface area contributed by atoms with E-state index in [0.717, 1.165) is 11.6 Å². The number of hydrogen-bond donors (Lipinski definition) is 2. The second-order valence-electron chi connectivity index (χ2n) is 3.48. The Morgan fingerprint density at radius 1 is 1.31 bits per heavy atom. The molecule has 2 aromatic rings. The molecule has 5 heteroatoms. The number of aromatic carboxylic acids is 1. The van der Waals surface area contributed by atoms with E-state index in [4.69, 9.17) is 5.11 Å². The zero-order chi connectivity index (χ0) is 11.7. The summed E-state index contributed by atoms with van der Waals surface area (Å²) in [7, 11) is 0. The molecule has 0 radical (unpaired) electrons. The summed E-state index contributed by atoms with van der Waals surface area (Å²) in [6.45, 7) is 1.93. The highest BCUT2D eigenvalue weighted by molar-refractivity contribution is 5.86. The molecule has 0 unspecified atom stereocenters. The number of aromatic amines is 1. The van der Waals surface area contributed by atoms with Crippen LogP contribution in [0, 0.1) is 6.92 Å². The number of carbonyl (C=O) groups is 1. The number of carboxylic acids is 1. The standard InChI is InChI=1S/C11H10N2O3/c1-7-2-4-8(5-3-7)13-9(11(15)16)6-10(14)12-13/h2-6H,1H3,(H,12,14)(H,15,16). The maximum atomic E-state index is 11.1. The molecule has 2 N–H and O–H groups in total. The molecular weight excluding hydrogens is 208 g/mol. The third kappa shape index (κ3) is 1.75. The Morgan fingerprint density at radius 2 is 1.94 bits per heavy atom. The Bertz CT molecular complexity index is 578. The topological polar surface area (TPSA) is 75.1 Å². The summed E-state index contributed by atoms with van der Waals surface area (Å²) in [4.78, 5) is 22.0. The number of rotatable bonds is 2. The monoisotopic (exact) mass is 218 g/mol. The molecule has 2 rings (SSSR count). The lowest BCUT2D eigenvalue weighted by Crippen LogP contribution is -2.08. The van der Waals surface area contributed by atoms with E-state index in [2.05, 4.69) is 5.10 Å². The first-order chi connectivity index (χ1) is 7.58. The smallest absolute Gasteiger partial charge is 0.354 e. The summed E-state index contributed by atoms with van der Waals surface area (Å²) >= 11 is 0. The van der Waals surface area contributed by atoms with Crippen LogP contribution in [0.25, 0.3) is 5.69 Å². The number of nitrogens with one attached hydrogen (secondary N) is 1. The molecule has 0 saturated carbocycles. The second kappa shape index (κ2) is 3.69. The van der Waals surface area contributed by atoms with Gasteiger partial charge < -0.3 is 5.11 Å². The van der Waals surface area contributed by atoms with Gasteiger partial charge in [0.25, 0.3) is 5.56 Å². The van der Waals surface area contributed by atoms with Crippen LogP contribution in [-0.4, -0.2) is 20.9 Å². The lowest BCUT2D eigenvalue weighted by Gasteiger charge is -2.05. The molecule has 0 aliphatic carbocycles. The lowest BCUT2D eigenvalue weighted by atomic mass is 10.2. The van der Waals surface area contributed by atoms with Gasteiger partial charge in [-0.05, 0) is 19.1 Å². The fourth-order valence-corrected chi connectivity index (χ4v) is 1.45. The van der Waals surface area contributed by atoms with Crippen molar-refractivity contribution in [1.29, 1.82) is 0 Å². The molecule has 0 atom stereocenters. The molecule has 0 amide bonds. The maximum absolute atomic E-state index is 11.1. The van der Waals surface area contributed by atoms with E-state index in [-0.39, 0.29) is 5.69 Å². The lowest BCUT2D eigenvalue weighted by molar-refractivity contribution is 0.0687. The van der Waals surface area contributed by atoms with Gasteiger partial charge >= 0.3 is 5.97 Å². The Balaban J connectivity index is 2.59. The highest BCUT2D eigenvalue weighted by atomic mass is 16.4. The van der Waals surface area contributed by atoms with Crippen LogP contribution >= 0.6 is 0 Å². The number of benzene rings is 1. The fourth-order valence-electron chi connectivity index (χ4n) is 1.45. The Labute approximate surface area is 90.9 Å². The van der Waals surface area contributed by atoms with E-state index < -0.39 is 11.5 Å². The van der Waals surface area contributed by atoms with Crippen LogP contribution in [0.5, 0.6) is 0 Å². The predicted molar refractivity (Wildman–Crippen MR) is 58.1 cm³/mol. The van der Waals surface area contributed by atoms with E-state index in [1.807, 2.05) is 19.1 Å². The van der Waals surface area contributed by atoms with Crippen molar-refractivity contribution in [3.8, 4) is 5.69 Å². The first kappa shape index (κ1) is 10.2. The average Bonchev–Trinajstić information content (AvgIpc) is 2.61. The van der Waals surface area contributed by atoms with Gasteiger partial charge in [0, 0.05) is 6.07 Å². The van der Waals surface area contributed by atoms with Crippen LogP contribution in [0.1, 0.15) is 16.1 Å². The van der Waals surface area contributed by atoms with Crippen molar-refractivity contribution in [3.63, 3.8) is 0 Å². The number of nitrogens with zero attached hydrogens (tertiary/aromatic N) is 1. The molecular formula is C11H10N2O3. The number of carboxylic acid groups (broad SMARTS) is 1. The first-order valence-corrected chi connectivity index (χ1v) is 4.70. The van der Waals surface area contributed by atoms with Crippen LogP contribution in [0.15, 0.2) is 35.1 Å². The molecule has 1 aromatic carbocycles. The highest BCUT2D eigenvalue weighted by Crippen LogP contribution is 2.10. The highest BCUT2D eigenvalue weighted by Gasteiger charge is 2.12. The van der Waals surface area contributed by atoms with Gasteiger partial charge in [0.15, 0.2) is 5.69 Å². The molecule has 0 spiro atoms. The molecule has 0 aliphatic heterocycles. The Hall–Kier alpha value is -2.30. The van der Waals surface area contributed by atoms with Gasteiger partial charge in [-0.2, -0.15) is 0 Å². The Morgan fingerprint density at radius 3 is 2.50 bits per heavy atom. The third-order valence-corrected chi connectivity index (χ3v) is 2.24. The van der Waals surface area contributed by atoms with Crippen LogP contribution in [0.2, 0.25) is 0 Å². The van der Waals surface area contributed by atoms with E-state index in [1.54, 1.807) is 12.1 Å². The predicted octanol–water partition coefficient (Wildman–Crippen LogP) is 1.17. The Kier molecular flexibility index (Phi) is 2.36. The van der Waals surface area contributed by atoms with E-state index >= 15 is 0 Å². The minimum Gasteiger partial charge on any atom is -0.477 e. The minimum absolute atomic E-state index is 0.0751. The normalized spacial score (nSPS) is 10.3. The summed E-state index contributed by atoms with van der Waals surface area (Å²) in [6, 6.07) is 8.25. The van der Waals surface area contributed by atoms with Crippen molar-refractivity contribution in [2.45, 2.75) is 6.92 Å².